The second-order valence-electron chi connectivity index (χ2n) is 5.56. The van der Waals surface area contributed by atoms with E-state index in [2.05, 4.69) is 59.9 Å². The first-order valence-corrected chi connectivity index (χ1v) is 7.81. The molecule has 1 atom stereocenters. The van der Waals surface area contributed by atoms with Crippen LogP contribution in [0.4, 0.5) is 0 Å². The number of nitrogens with zero attached hydrogens (tertiary/aromatic N) is 3. The Morgan fingerprint density at radius 2 is 1.95 bits per heavy atom. The number of fused-ring (bicyclic) bond motifs is 1. The minimum Gasteiger partial charge on any atom is -0.329 e. The second kappa shape index (κ2) is 6.00. The largest absolute Gasteiger partial charge is 0.329 e. The van der Waals surface area contributed by atoms with Gasteiger partial charge in [0.05, 0.1) is 17.4 Å². The number of aromatic nitrogens is 2. The summed E-state index contributed by atoms with van der Waals surface area (Å²) in [5, 5.41) is 3.51. The normalized spacial score (nSPS) is 18.0. The molecule has 2 heterocycles. The zero-order valence-corrected chi connectivity index (χ0v) is 13.1. The lowest BCUT2D eigenvalue weighted by Crippen LogP contribution is -2.40. The predicted octanol–water partition coefficient (Wildman–Crippen LogP) is 2.57. The van der Waals surface area contributed by atoms with Crippen LogP contribution in [-0.4, -0.2) is 34.1 Å². The van der Waals surface area contributed by atoms with Crippen molar-refractivity contribution >= 4 is 0 Å². The third kappa shape index (κ3) is 2.49. The molecule has 3 rings (SSSR count). The Hall–Kier alpha value is -1.65. The van der Waals surface area contributed by atoms with Crippen LogP contribution in [0.3, 0.4) is 0 Å². The Balaban J connectivity index is 2.06. The average Bonchev–Trinajstić information content (AvgIpc) is 2.87. The smallest absolute Gasteiger partial charge is 0.140 e. The van der Waals surface area contributed by atoms with Crippen LogP contribution < -0.4 is 5.32 Å². The number of likely N-dealkylation sites (N-methyl/N-ethyl adjacent to an activating group) is 1. The monoisotopic (exact) mass is 284 g/mol. The van der Waals surface area contributed by atoms with Crippen molar-refractivity contribution in [3.05, 3.63) is 41.7 Å². The Bertz CT molecular complexity index is 599. The summed E-state index contributed by atoms with van der Waals surface area (Å²) in [5.74, 6) is 1.07. The molecule has 0 radical (unpaired) electrons. The Kier molecular flexibility index (Phi) is 4.08. The summed E-state index contributed by atoms with van der Waals surface area (Å²) in [5.41, 5.74) is 3.75. The van der Waals surface area contributed by atoms with Gasteiger partial charge in [0, 0.05) is 25.7 Å². The summed E-state index contributed by atoms with van der Waals surface area (Å²) in [6, 6.07) is 10.9. The SMILES string of the molecule is CCN(CC)C1CNCc2nc(-c3ccccc3)n(C)c21. The van der Waals surface area contributed by atoms with E-state index in [0.717, 1.165) is 32.0 Å². The highest BCUT2D eigenvalue weighted by Crippen LogP contribution is 2.30. The van der Waals surface area contributed by atoms with E-state index in [1.807, 2.05) is 6.07 Å². The van der Waals surface area contributed by atoms with Gasteiger partial charge in [-0.2, -0.15) is 0 Å². The summed E-state index contributed by atoms with van der Waals surface area (Å²) in [6.07, 6.45) is 0. The molecule has 1 aliphatic rings. The van der Waals surface area contributed by atoms with Gasteiger partial charge in [-0.25, -0.2) is 4.98 Å². The Morgan fingerprint density at radius 3 is 2.62 bits per heavy atom. The lowest BCUT2D eigenvalue weighted by Gasteiger charge is -2.33. The topological polar surface area (TPSA) is 33.1 Å². The van der Waals surface area contributed by atoms with E-state index >= 15 is 0 Å². The van der Waals surface area contributed by atoms with Crippen molar-refractivity contribution in [3.8, 4) is 11.4 Å². The summed E-state index contributed by atoms with van der Waals surface area (Å²) >= 11 is 0. The van der Waals surface area contributed by atoms with Gasteiger partial charge >= 0.3 is 0 Å². The van der Waals surface area contributed by atoms with Crippen molar-refractivity contribution in [1.29, 1.82) is 0 Å². The first kappa shape index (κ1) is 14.3. The highest BCUT2D eigenvalue weighted by molar-refractivity contribution is 5.57. The van der Waals surface area contributed by atoms with E-state index < -0.39 is 0 Å². The van der Waals surface area contributed by atoms with Gasteiger partial charge in [-0.05, 0) is 13.1 Å². The Morgan fingerprint density at radius 1 is 1.24 bits per heavy atom. The third-order valence-corrected chi connectivity index (χ3v) is 4.45. The van der Waals surface area contributed by atoms with E-state index in [-0.39, 0.29) is 0 Å². The number of hydrogen-bond acceptors (Lipinski definition) is 3. The standard InChI is InChI=1S/C17H24N4/c1-4-21(5-2)15-12-18-11-14-16(15)20(3)17(19-14)13-9-7-6-8-10-13/h6-10,15,18H,4-5,11-12H2,1-3H3. The summed E-state index contributed by atoms with van der Waals surface area (Å²) in [4.78, 5) is 7.40. The fourth-order valence-corrected chi connectivity index (χ4v) is 3.35. The van der Waals surface area contributed by atoms with Crippen LogP contribution in [0.2, 0.25) is 0 Å². The molecule has 2 aromatic rings. The maximum Gasteiger partial charge on any atom is 0.140 e. The van der Waals surface area contributed by atoms with Crippen LogP contribution in [0, 0.1) is 0 Å². The molecule has 1 N–H and O–H groups in total. The van der Waals surface area contributed by atoms with Crippen LogP contribution in [-0.2, 0) is 13.6 Å². The molecule has 0 saturated heterocycles. The molecule has 1 aromatic carbocycles. The molecule has 0 spiro atoms. The van der Waals surface area contributed by atoms with Crippen molar-refractivity contribution in [2.45, 2.75) is 26.4 Å². The minimum absolute atomic E-state index is 0.415. The fraction of sp³-hybridized carbons (Fsp3) is 0.471. The molecule has 4 nitrogen and oxygen atoms in total. The van der Waals surface area contributed by atoms with Gasteiger partial charge in [-0.15, -0.1) is 0 Å². The maximum absolute atomic E-state index is 4.90. The van der Waals surface area contributed by atoms with Gasteiger partial charge in [0.25, 0.3) is 0 Å². The molecule has 0 aliphatic carbocycles. The van der Waals surface area contributed by atoms with Crippen molar-refractivity contribution in [2.24, 2.45) is 7.05 Å². The average molecular weight is 284 g/mol. The van der Waals surface area contributed by atoms with Gasteiger partial charge in [-0.1, -0.05) is 44.2 Å². The molecule has 1 aliphatic heterocycles. The quantitative estimate of drug-likeness (QED) is 0.937. The maximum atomic E-state index is 4.90. The number of imidazole rings is 1. The highest BCUT2D eigenvalue weighted by Gasteiger charge is 2.29. The van der Waals surface area contributed by atoms with Crippen molar-refractivity contribution in [3.63, 3.8) is 0 Å². The molecule has 112 valence electrons. The van der Waals surface area contributed by atoms with Gasteiger partial charge in [-0.3, -0.25) is 4.90 Å². The van der Waals surface area contributed by atoms with E-state index in [4.69, 9.17) is 4.98 Å². The molecule has 1 unspecified atom stereocenters. The highest BCUT2D eigenvalue weighted by atomic mass is 15.2. The zero-order chi connectivity index (χ0) is 14.8. The number of rotatable bonds is 4. The molecular formula is C17H24N4. The number of benzene rings is 1. The number of hydrogen-bond donors (Lipinski definition) is 1. The third-order valence-electron chi connectivity index (χ3n) is 4.45. The fourth-order valence-electron chi connectivity index (χ4n) is 3.35. The molecule has 0 fully saturated rings. The molecule has 0 amide bonds. The number of nitrogens with one attached hydrogen (secondary N) is 1. The van der Waals surface area contributed by atoms with Crippen LogP contribution in [0.15, 0.2) is 30.3 Å². The van der Waals surface area contributed by atoms with E-state index in [1.165, 1.54) is 17.0 Å². The van der Waals surface area contributed by atoms with Gasteiger partial charge < -0.3 is 9.88 Å². The van der Waals surface area contributed by atoms with Crippen LogP contribution in [0.1, 0.15) is 31.3 Å². The summed E-state index contributed by atoms with van der Waals surface area (Å²) in [6.45, 7) is 8.46. The van der Waals surface area contributed by atoms with Gasteiger partial charge in [0.2, 0.25) is 0 Å². The van der Waals surface area contributed by atoms with E-state index in [1.54, 1.807) is 0 Å². The van der Waals surface area contributed by atoms with Crippen molar-refractivity contribution in [2.75, 3.05) is 19.6 Å². The lowest BCUT2D eigenvalue weighted by molar-refractivity contribution is 0.197. The van der Waals surface area contributed by atoms with Crippen LogP contribution in [0.25, 0.3) is 11.4 Å². The Labute approximate surface area is 126 Å². The molecule has 21 heavy (non-hydrogen) atoms. The second-order valence-corrected chi connectivity index (χ2v) is 5.56. The molecule has 0 bridgehead atoms. The van der Waals surface area contributed by atoms with Crippen LogP contribution in [0.5, 0.6) is 0 Å². The molecule has 4 heteroatoms. The lowest BCUT2D eigenvalue weighted by atomic mass is 10.1. The van der Waals surface area contributed by atoms with E-state index in [9.17, 15) is 0 Å². The van der Waals surface area contributed by atoms with Crippen LogP contribution >= 0.6 is 0 Å². The van der Waals surface area contributed by atoms with E-state index in [0.29, 0.717) is 6.04 Å². The first-order chi connectivity index (χ1) is 10.3. The van der Waals surface area contributed by atoms with Crippen molar-refractivity contribution < 1.29 is 0 Å². The first-order valence-electron chi connectivity index (χ1n) is 7.81. The summed E-state index contributed by atoms with van der Waals surface area (Å²) < 4.78 is 2.29. The van der Waals surface area contributed by atoms with Gasteiger partial charge in [0.15, 0.2) is 0 Å². The molecule has 1 aromatic heterocycles. The zero-order valence-electron chi connectivity index (χ0n) is 13.1. The predicted molar refractivity (Wildman–Crippen MR) is 86.0 cm³/mol. The molecule has 0 saturated carbocycles. The minimum atomic E-state index is 0.415. The molecular weight excluding hydrogens is 260 g/mol. The van der Waals surface area contributed by atoms with Crippen molar-refractivity contribution in [1.82, 2.24) is 19.8 Å². The summed E-state index contributed by atoms with van der Waals surface area (Å²) in [7, 11) is 2.15. The van der Waals surface area contributed by atoms with Gasteiger partial charge in [0.1, 0.15) is 5.82 Å².